The van der Waals surface area contributed by atoms with E-state index < -0.39 is 35.8 Å². The molecule has 31 heavy (non-hydrogen) atoms. The molecule has 7 N–H and O–H groups in total. The Morgan fingerprint density at radius 2 is 1.77 bits per heavy atom. The Labute approximate surface area is 183 Å². The van der Waals surface area contributed by atoms with Gasteiger partial charge in [0.25, 0.3) is 0 Å². The monoisotopic (exact) mass is 440 g/mol. The van der Waals surface area contributed by atoms with Gasteiger partial charge >= 0.3 is 0 Å². The molecule has 11 heteroatoms. The third kappa shape index (κ3) is 8.52. The molecule has 3 atom stereocenters. The van der Waals surface area contributed by atoms with Crippen molar-refractivity contribution in [3.63, 3.8) is 0 Å². The van der Waals surface area contributed by atoms with E-state index in [4.69, 9.17) is 11.5 Å². The normalized spacial score (nSPS) is 17.7. The van der Waals surface area contributed by atoms with Gasteiger partial charge in [-0.15, -0.1) is 0 Å². The van der Waals surface area contributed by atoms with Crippen molar-refractivity contribution in [3.05, 3.63) is 0 Å². The third-order valence-corrected chi connectivity index (χ3v) is 5.18. The van der Waals surface area contributed by atoms with Gasteiger partial charge in [-0.25, -0.2) is 0 Å². The Morgan fingerprint density at radius 3 is 2.32 bits per heavy atom. The van der Waals surface area contributed by atoms with Gasteiger partial charge in [0, 0.05) is 13.5 Å². The third-order valence-electron chi connectivity index (χ3n) is 5.18. The van der Waals surface area contributed by atoms with E-state index in [1.54, 1.807) is 0 Å². The zero-order valence-corrected chi connectivity index (χ0v) is 18.6. The summed E-state index contributed by atoms with van der Waals surface area (Å²) in [5.74, 6) is -2.43. The predicted molar refractivity (Wildman–Crippen MR) is 114 cm³/mol. The molecule has 0 unspecified atom stereocenters. The summed E-state index contributed by atoms with van der Waals surface area (Å²) in [5.41, 5.74) is 10.7. The van der Waals surface area contributed by atoms with Gasteiger partial charge in [-0.2, -0.15) is 0 Å². The standard InChI is InChI=1S/C20H36N6O5/c1-12(2)17(24-13(3)27)20(31)26-10-6-8-15(26)19(30)23-11-16(28)25-14(18(22)29)7-4-5-9-21/h12,14-15,17H,4-11,21H2,1-3H3,(H2,22,29)(H,23,30)(H,24,27)(H,25,28)/t14-,15+,17-/m0/s1. The molecule has 1 rings (SSSR count). The van der Waals surface area contributed by atoms with Crippen LogP contribution in [0, 0.1) is 5.92 Å². The molecule has 0 radical (unpaired) electrons. The Hall–Kier alpha value is -2.69. The average Bonchev–Trinajstić information content (AvgIpc) is 3.18. The van der Waals surface area contributed by atoms with Crippen molar-refractivity contribution in [2.45, 2.75) is 71.0 Å². The Balaban J connectivity index is 2.65. The lowest BCUT2D eigenvalue weighted by atomic mass is 10.0. The first-order valence-electron chi connectivity index (χ1n) is 10.7. The number of nitrogens with two attached hydrogens (primary N) is 2. The summed E-state index contributed by atoms with van der Waals surface area (Å²) in [7, 11) is 0. The van der Waals surface area contributed by atoms with Crippen molar-refractivity contribution in [2.75, 3.05) is 19.6 Å². The molecule has 0 saturated carbocycles. The number of hydrogen-bond donors (Lipinski definition) is 5. The van der Waals surface area contributed by atoms with Crippen molar-refractivity contribution in [2.24, 2.45) is 17.4 Å². The number of nitrogens with one attached hydrogen (secondary N) is 3. The molecular formula is C20H36N6O5. The van der Waals surface area contributed by atoms with E-state index in [0.29, 0.717) is 45.2 Å². The van der Waals surface area contributed by atoms with Crippen molar-refractivity contribution in [1.29, 1.82) is 0 Å². The molecule has 0 aromatic heterocycles. The molecule has 11 nitrogen and oxygen atoms in total. The smallest absolute Gasteiger partial charge is 0.246 e. The van der Waals surface area contributed by atoms with Gasteiger partial charge in [0.2, 0.25) is 29.5 Å². The molecule has 1 fully saturated rings. The minimum atomic E-state index is -0.829. The van der Waals surface area contributed by atoms with Gasteiger partial charge in [-0.05, 0) is 44.6 Å². The number of amides is 5. The van der Waals surface area contributed by atoms with E-state index >= 15 is 0 Å². The quantitative estimate of drug-likeness (QED) is 0.227. The fraction of sp³-hybridized carbons (Fsp3) is 0.750. The van der Waals surface area contributed by atoms with E-state index in [2.05, 4.69) is 16.0 Å². The van der Waals surface area contributed by atoms with Crippen LogP contribution in [0.5, 0.6) is 0 Å². The van der Waals surface area contributed by atoms with Crippen LogP contribution in [0.25, 0.3) is 0 Å². The summed E-state index contributed by atoms with van der Waals surface area (Å²) >= 11 is 0. The lowest BCUT2D eigenvalue weighted by Gasteiger charge is -2.30. The SMILES string of the molecule is CC(=O)N[C@H](C(=O)N1CCC[C@@H]1C(=O)NCC(=O)N[C@@H](CCCCN)C(N)=O)C(C)C. The first-order chi connectivity index (χ1) is 14.6. The Bertz CT molecular complexity index is 668. The van der Waals surface area contributed by atoms with E-state index in [0.717, 1.165) is 0 Å². The van der Waals surface area contributed by atoms with Gasteiger partial charge in [0.05, 0.1) is 6.54 Å². The van der Waals surface area contributed by atoms with Crippen molar-refractivity contribution < 1.29 is 24.0 Å². The molecule has 1 aliphatic heterocycles. The number of primary amides is 1. The highest BCUT2D eigenvalue weighted by Crippen LogP contribution is 2.20. The van der Waals surface area contributed by atoms with E-state index in [1.165, 1.54) is 11.8 Å². The zero-order chi connectivity index (χ0) is 23.6. The molecule has 0 aliphatic carbocycles. The highest BCUT2D eigenvalue weighted by atomic mass is 16.2. The summed E-state index contributed by atoms with van der Waals surface area (Å²) < 4.78 is 0. The largest absolute Gasteiger partial charge is 0.368 e. The number of unbranched alkanes of at least 4 members (excludes halogenated alkanes) is 1. The van der Waals surface area contributed by atoms with Crippen molar-refractivity contribution in [3.8, 4) is 0 Å². The fourth-order valence-electron chi connectivity index (χ4n) is 3.52. The maximum atomic E-state index is 12.9. The van der Waals surface area contributed by atoms with E-state index in [-0.39, 0.29) is 24.3 Å². The number of hydrogen-bond acceptors (Lipinski definition) is 6. The van der Waals surface area contributed by atoms with Crippen LogP contribution in [0.4, 0.5) is 0 Å². The molecule has 0 spiro atoms. The van der Waals surface area contributed by atoms with Gasteiger partial charge in [0.15, 0.2) is 0 Å². The second-order valence-corrected chi connectivity index (χ2v) is 8.14. The molecule has 1 aliphatic rings. The highest BCUT2D eigenvalue weighted by molar-refractivity contribution is 5.94. The van der Waals surface area contributed by atoms with Crippen LogP contribution in [0.2, 0.25) is 0 Å². The van der Waals surface area contributed by atoms with Crippen LogP contribution in [-0.2, 0) is 24.0 Å². The van der Waals surface area contributed by atoms with Crippen molar-refractivity contribution >= 4 is 29.5 Å². The Kier molecular flexibility index (Phi) is 10.9. The lowest BCUT2D eigenvalue weighted by Crippen LogP contribution is -2.55. The maximum Gasteiger partial charge on any atom is 0.246 e. The summed E-state index contributed by atoms with van der Waals surface area (Å²) in [5, 5.41) is 7.68. The number of nitrogens with zero attached hydrogens (tertiary/aromatic N) is 1. The first kappa shape index (κ1) is 26.3. The van der Waals surface area contributed by atoms with Crippen LogP contribution in [0.3, 0.4) is 0 Å². The van der Waals surface area contributed by atoms with Gasteiger partial charge in [-0.3, -0.25) is 24.0 Å². The summed E-state index contributed by atoms with van der Waals surface area (Å²) in [6, 6.07) is -2.27. The second kappa shape index (κ2) is 12.9. The maximum absolute atomic E-state index is 12.9. The van der Waals surface area contributed by atoms with Crippen LogP contribution < -0.4 is 27.4 Å². The van der Waals surface area contributed by atoms with Gasteiger partial charge < -0.3 is 32.3 Å². The van der Waals surface area contributed by atoms with Crippen LogP contribution in [-0.4, -0.2) is 72.2 Å². The molecule has 1 heterocycles. The van der Waals surface area contributed by atoms with Gasteiger partial charge in [0.1, 0.15) is 18.1 Å². The predicted octanol–water partition coefficient (Wildman–Crippen LogP) is -1.65. The minimum absolute atomic E-state index is 0.142. The summed E-state index contributed by atoms with van der Waals surface area (Å²) in [6.45, 7) is 5.51. The lowest BCUT2D eigenvalue weighted by molar-refractivity contribution is -0.142. The highest BCUT2D eigenvalue weighted by Gasteiger charge is 2.38. The number of carbonyl (C=O) groups excluding carboxylic acids is 5. The van der Waals surface area contributed by atoms with E-state index in [1.807, 2.05) is 13.8 Å². The zero-order valence-electron chi connectivity index (χ0n) is 18.6. The fourth-order valence-corrected chi connectivity index (χ4v) is 3.52. The number of likely N-dealkylation sites (tertiary alicyclic amines) is 1. The molecule has 5 amide bonds. The molecular weight excluding hydrogens is 404 g/mol. The molecule has 1 saturated heterocycles. The second-order valence-electron chi connectivity index (χ2n) is 8.14. The van der Waals surface area contributed by atoms with Crippen LogP contribution in [0.15, 0.2) is 0 Å². The van der Waals surface area contributed by atoms with Crippen molar-refractivity contribution in [1.82, 2.24) is 20.9 Å². The molecule has 176 valence electrons. The van der Waals surface area contributed by atoms with E-state index in [9.17, 15) is 24.0 Å². The van der Waals surface area contributed by atoms with Crippen LogP contribution >= 0.6 is 0 Å². The van der Waals surface area contributed by atoms with Crippen LogP contribution in [0.1, 0.15) is 52.9 Å². The summed E-state index contributed by atoms with van der Waals surface area (Å²) in [4.78, 5) is 62.1. The number of carbonyl (C=O) groups is 5. The first-order valence-corrected chi connectivity index (χ1v) is 10.7. The molecule has 0 bridgehead atoms. The minimum Gasteiger partial charge on any atom is -0.368 e. The Morgan fingerprint density at radius 1 is 1.10 bits per heavy atom. The topological polar surface area (TPSA) is 177 Å². The molecule has 0 aromatic rings. The average molecular weight is 441 g/mol. The van der Waals surface area contributed by atoms with Gasteiger partial charge in [-0.1, -0.05) is 13.8 Å². The summed E-state index contributed by atoms with van der Waals surface area (Å²) in [6.07, 6.45) is 2.83. The molecule has 0 aromatic carbocycles. The number of rotatable bonds is 12.